The molecule has 4 rings (SSSR count). The Morgan fingerprint density at radius 2 is 1.96 bits per heavy atom. The average Bonchev–Trinajstić information content (AvgIpc) is 2.74. The Morgan fingerprint density at radius 3 is 2.71 bits per heavy atom. The van der Waals surface area contributed by atoms with Crippen molar-refractivity contribution in [3.63, 3.8) is 0 Å². The van der Waals surface area contributed by atoms with Crippen LogP contribution in [0.2, 0.25) is 0 Å². The van der Waals surface area contributed by atoms with E-state index in [-0.39, 0.29) is 11.9 Å². The zero-order valence-electron chi connectivity index (χ0n) is 15.8. The highest BCUT2D eigenvalue weighted by Crippen LogP contribution is 2.32. The lowest BCUT2D eigenvalue weighted by Crippen LogP contribution is -2.39. The molecule has 0 spiro atoms. The maximum absolute atomic E-state index is 13.8. The van der Waals surface area contributed by atoms with Gasteiger partial charge in [0.25, 0.3) is 0 Å². The standard InChI is InChI=1S/C20H21FN6O/c1-26(2)20-24-12-16(14-5-3-6-15(21)11-14)18(25-20)17-13-27(9-10-28-17)19-22-7-4-8-23-19/h3-8,11-12,17H,9-10,13H2,1-2H3. The van der Waals surface area contributed by atoms with Crippen molar-refractivity contribution in [2.45, 2.75) is 6.10 Å². The summed E-state index contributed by atoms with van der Waals surface area (Å²) in [5.41, 5.74) is 2.20. The number of nitrogens with zero attached hydrogens (tertiary/aromatic N) is 6. The number of hydrogen-bond acceptors (Lipinski definition) is 7. The first-order chi connectivity index (χ1) is 13.6. The van der Waals surface area contributed by atoms with Crippen LogP contribution in [0.3, 0.4) is 0 Å². The van der Waals surface area contributed by atoms with Crippen LogP contribution in [0.25, 0.3) is 11.1 Å². The van der Waals surface area contributed by atoms with Crippen LogP contribution in [-0.2, 0) is 4.74 Å². The summed E-state index contributed by atoms with van der Waals surface area (Å²) in [6.07, 6.45) is 4.87. The van der Waals surface area contributed by atoms with Crippen molar-refractivity contribution in [2.24, 2.45) is 0 Å². The summed E-state index contributed by atoms with van der Waals surface area (Å²) >= 11 is 0. The first-order valence-corrected chi connectivity index (χ1v) is 9.05. The molecule has 8 heteroatoms. The van der Waals surface area contributed by atoms with Crippen molar-refractivity contribution in [1.29, 1.82) is 0 Å². The van der Waals surface area contributed by atoms with Gasteiger partial charge in [0, 0.05) is 44.8 Å². The Hall–Kier alpha value is -3.13. The van der Waals surface area contributed by atoms with Crippen LogP contribution in [0.15, 0.2) is 48.9 Å². The van der Waals surface area contributed by atoms with E-state index in [1.807, 2.05) is 25.1 Å². The Labute approximate surface area is 162 Å². The van der Waals surface area contributed by atoms with Gasteiger partial charge in [-0.05, 0) is 23.8 Å². The smallest absolute Gasteiger partial charge is 0.225 e. The minimum Gasteiger partial charge on any atom is -0.368 e. The molecule has 1 aliphatic heterocycles. The minimum atomic E-state index is -0.308. The van der Waals surface area contributed by atoms with Crippen molar-refractivity contribution in [2.75, 3.05) is 43.6 Å². The zero-order chi connectivity index (χ0) is 19.5. The summed E-state index contributed by atoms with van der Waals surface area (Å²) in [6.45, 7) is 1.77. The molecule has 7 nitrogen and oxygen atoms in total. The van der Waals surface area contributed by atoms with Crippen molar-refractivity contribution in [3.05, 3.63) is 60.4 Å². The monoisotopic (exact) mass is 380 g/mol. The van der Waals surface area contributed by atoms with Gasteiger partial charge in [-0.2, -0.15) is 0 Å². The van der Waals surface area contributed by atoms with E-state index >= 15 is 0 Å². The molecule has 1 atom stereocenters. The van der Waals surface area contributed by atoms with Gasteiger partial charge in [0.2, 0.25) is 11.9 Å². The van der Waals surface area contributed by atoms with Crippen LogP contribution in [0.1, 0.15) is 11.8 Å². The Kier molecular flexibility index (Phi) is 5.12. The molecule has 0 radical (unpaired) electrons. The highest BCUT2D eigenvalue weighted by Gasteiger charge is 2.28. The predicted molar refractivity (Wildman–Crippen MR) is 105 cm³/mol. The van der Waals surface area contributed by atoms with Crippen molar-refractivity contribution >= 4 is 11.9 Å². The van der Waals surface area contributed by atoms with E-state index < -0.39 is 0 Å². The Balaban J connectivity index is 1.73. The van der Waals surface area contributed by atoms with Crippen LogP contribution in [0.4, 0.5) is 16.3 Å². The molecular weight excluding hydrogens is 359 g/mol. The van der Waals surface area contributed by atoms with E-state index in [0.29, 0.717) is 31.6 Å². The number of hydrogen-bond donors (Lipinski definition) is 0. The molecule has 3 aromatic rings. The van der Waals surface area contributed by atoms with Crippen LogP contribution in [0, 0.1) is 5.82 Å². The first-order valence-electron chi connectivity index (χ1n) is 9.05. The van der Waals surface area contributed by atoms with E-state index in [2.05, 4.69) is 19.9 Å². The number of aromatic nitrogens is 4. The third-order valence-electron chi connectivity index (χ3n) is 4.55. The van der Waals surface area contributed by atoms with E-state index in [9.17, 15) is 4.39 Å². The van der Waals surface area contributed by atoms with E-state index in [1.54, 1.807) is 30.7 Å². The number of benzene rings is 1. The fourth-order valence-electron chi connectivity index (χ4n) is 3.18. The molecule has 1 saturated heterocycles. The second-order valence-electron chi connectivity index (χ2n) is 6.73. The lowest BCUT2D eigenvalue weighted by Gasteiger charge is -2.33. The van der Waals surface area contributed by atoms with Crippen LogP contribution in [-0.4, -0.2) is 53.7 Å². The van der Waals surface area contributed by atoms with Crippen LogP contribution in [0.5, 0.6) is 0 Å². The molecule has 0 N–H and O–H groups in total. The molecule has 28 heavy (non-hydrogen) atoms. The molecule has 2 aromatic heterocycles. The normalized spacial score (nSPS) is 16.8. The number of rotatable bonds is 4. The molecule has 1 aromatic carbocycles. The second kappa shape index (κ2) is 7.85. The van der Waals surface area contributed by atoms with Gasteiger partial charge >= 0.3 is 0 Å². The van der Waals surface area contributed by atoms with Gasteiger partial charge < -0.3 is 14.5 Å². The molecular formula is C20H21FN6O. The number of anilines is 2. The third kappa shape index (κ3) is 3.77. The van der Waals surface area contributed by atoms with Crippen LogP contribution >= 0.6 is 0 Å². The van der Waals surface area contributed by atoms with Gasteiger partial charge in [0.05, 0.1) is 18.8 Å². The maximum Gasteiger partial charge on any atom is 0.225 e. The van der Waals surface area contributed by atoms with Gasteiger partial charge in [-0.15, -0.1) is 0 Å². The predicted octanol–water partition coefficient (Wildman–Crippen LogP) is 2.72. The van der Waals surface area contributed by atoms with E-state index in [4.69, 9.17) is 9.72 Å². The van der Waals surface area contributed by atoms with E-state index in [1.165, 1.54) is 12.1 Å². The first kappa shape index (κ1) is 18.2. The molecule has 0 aliphatic carbocycles. The lowest BCUT2D eigenvalue weighted by atomic mass is 10.0. The molecule has 3 heterocycles. The number of morpholine rings is 1. The summed E-state index contributed by atoms with van der Waals surface area (Å²) in [7, 11) is 3.76. The Bertz CT molecular complexity index is 952. The van der Waals surface area contributed by atoms with Gasteiger partial charge in [0.1, 0.15) is 11.9 Å². The number of ether oxygens (including phenoxy) is 1. The van der Waals surface area contributed by atoms with Gasteiger partial charge in [-0.1, -0.05) is 12.1 Å². The molecule has 0 amide bonds. The van der Waals surface area contributed by atoms with Crippen LogP contribution < -0.4 is 9.80 Å². The summed E-state index contributed by atoms with van der Waals surface area (Å²) in [5.74, 6) is 0.931. The quantitative estimate of drug-likeness (QED) is 0.689. The molecule has 0 bridgehead atoms. The highest BCUT2D eigenvalue weighted by atomic mass is 19.1. The second-order valence-corrected chi connectivity index (χ2v) is 6.73. The van der Waals surface area contributed by atoms with Gasteiger partial charge in [0.15, 0.2) is 0 Å². The molecule has 1 unspecified atom stereocenters. The summed E-state index contributed by atoms with van der Waals surface area (Å²) < 4.78 is 19.9. The number of halogens is 1. The molecule has 1 fully saturated rings. The molecule has 1 aliphatic rings. The maximum atomic E-state index is 13.8. The van der Waals surface area contributed by atoms with E-state index in [0.717, 1.165) is 16.8 Å². The lowest BCUT2D eigenvalue weighted by molar-refractivity contribution is 0.0368. The third-order valence-corrected chi connectivity index (χ3v) is 4.55. The van der Waals surface area contributed by atoms with Crippen molar-refractivity contribution in [3.8, 4) is 11.1 Å². The van der Waals surface area contributed by atoms with Crippen molar-refractivity contribution < 1.29 is 9.13 Å². The average molecular weight is 380 g/mol. The fourth-order valence-corrected chi connectivity index (χ4v) is 3.18. The van der Waals surface area contributed by atoms with Crippen molar-refractivity contribution in [1.82, 2.24) is 19.9 Å². The molecule has 0 saturated carbocycles. The SMILES string of the molecule is CN(C)c1ncc(-c2cccc(F)c2)c(C2CN(c3ncccn3)CCO2)n1. The zero-order valence-corrected chi connectivity index (χ0v) is 15.8. The fraction of sp³-hybridized carbons (Fsp3) is 0.300. The summed E-state index contributed by atoms with van der Waals surface area (Å²) in [5, 5.41) is 0. The Morgan fingerprint density at radius 1 is 1.14 bits per heavy atom. The van der Waals surface area contributed by atoms with Gasteiger partial charge in [-0.25, -0.2) is 24.3 Å². The highest BCUT2D eigenvalue weighted by molar-refractivity contribution is 5.66. The molecule has 144 valence electrons. The summed E-state index contributed by atoms with van der Waals surface area (Å²) in [6, 6.07) is 8.22. The largest absolute Gasteiger partial charge is 0.368 e. The summed E-state index contributed by atoms with van der Waals surface area (Å²) in [4.78, 5) is 21.7. The topological polar surface area (TPSA) is 67.3 Å². The van der Waals surface area contributed by atoms with Gasteiger partial charge in [-0.3, -0.25) is 0 Å². The minimum absolute atomic E-state index is 0.302.